The maximum atomic E-state index is 13.5. The van der Waals surface area contributed by atoms with Crippen LogP contribution in [0.15, 0.2) is 48.5 Å². The van der Waals surface area contributed by atoms with Gasteiger partial charge in [0.05, 0.1) is 5.69 Å². The summed E-state index contributed by atoms with van der Waals surface area (Å²) < 4.78 is 13.5. The van der Waals surface area contributed by atoms with E-state index in [0.29, 0.717) is 6.54 Å². The van der Waals surface area contributed by atoms with E-state index in [0.717, 1.165) is 24.1 Å². The van der Waals surface area contributed by atoms with Crippen LogP contribution in [-0.4, -0.2) is 18.4 Å². The zero-order valence-electron chi connectivity index (χ0n) is 12.6. The maximum Gasteiger partial charge on any atom is 0.236 e. The van der Waals surface area contributed by atoms with Crippen LogP contribution in [0.1, 0.15) is 18.4 Å². The lowest BCUT2D eigenvalue weighted by molar-refractivity contribution is -0.125. The molecule has 118 valence electrons. The molecule has 0 bridgehead atoms. The van der Waals surface area contributed by atoms with Gasteiger partial charge in [-0.15, -0.1) is 0 Å². The van der Waals surface area contributed by atoms with E-state index in [-0.39, 0.29) is 18.0 Å². The van der Waals surface area contributed by atoms with E-state index >= 15 is 0 Å². The molecule has 2 amide bonds. The van der Waals surface area contributed by atoms with Gasteiger partial charge in [-0.2, -0.15) is 0 Å². The minimum Gasteiger partial charge on any atom is -0.323 e. The van der Waals surface area contributed by atoms with Crippen LogP contribution in [0.3, 0.4) is 0 Å². The van der Waals surface area contributed by atoms with Crippen molar-refractivity contribution in [2.75, 3.05) is 16.8 Å². The van der Waals surface area contributed by atoms with E-state index in [1.807, 2.05) is 24.3 Å². The Labute approximate surface area is 133 Å². The molecule has 4 nitrogen and oxygen atoms in total. The lowest BCUT2D eigenvalue weighted by atomic mass is 10.0. The summed E-state index contributed by atoms with van der Waals surface area (Å²) in [7, 11) is 0. The number of carbonyl (C=O) groups is 2. The van der Waals surface area contributed by atoms with Crippen LogP contribution in [0, 0.1) is 5.82 Å². The lowest BCUT2D eigenvalue weighted by Crippen LogP contribution is -2.37. The Bertz CT molecular complexity index is 745. The number of amides is 2. The number of anilines is 2. The highest BCUT2D eigenvalue weighted by atomic mass is 19.1. The maximum absolute atomic E-state index is 13.5. The van der Waals surface area contributed by atoms with Crippen molar-refractivity contribution in [3.63, 3.8) is 0 Å². The van der Waals surface area contributed by atoms with Crippen molar-refractivity contribution < 1.29 is 14.0 Å². The van der Waals surface area contributed by atoms with Gasteiger partial charge < -0.3 is 10.2 Å². The van der Waals surface area contributed by atoms with Gasteiger partial charge in [-0.05, 0) is 36.6 Å². The predicted octanol–water partition coefficient (Wildman–Crippen LogP) is 3.13. The summed E-state index contributed by atoms with van der Waals surface area (Å²) >= 11 is 0. The summed E-state index contributed by atoms with van der Waals surface area (Å²) in [6.45, 7) is 0.600. The molecule has 0 aliphatic carbocycles. The topological polar surface area (TPSA) is 49.4 Å². The van der Waals surface area contributed by atoms with Crippen molar-refractivity contribution in [1.82, 2.24) is 0 Å². The normalized spacial score (nSPS) is 13.3. The molecule has 0 saturated carbocycles. The first-order chi connectivity index (χ1) is 11.1. The van der Waals surface area contributed by atoms with Gasteiger partial charge in [-0.3, -0.25) is 9.59 Å². The van der Waals surface area contributed by atoms with Gasteiger partial charge in [0.15, 0.2) is 0 Å². The van der Waals surface area contributed by atoms with Crippen LogP contribution in [-0.2, 0) is 16.0 Å². The van der Waals surface area contributed by atoms with Crippen molar-refractivity contribution in [3.8, 4) is 0 Å². The summed E-state index contributed by atoms with van der Waals surface area (Å²) in [6.07, 6.45) is 1.50. The van der Waals surface area contributed by atoms with Crippen LogP contribution in [0.2, 0.25) is 0 Å². The van der Waals surface area contributed by atoms with Gasteiger partial charge in [0.25, 0.3) is 0 Å². The molecule has 0 unspecified atom stereocenters. The molecule has 0 atom stereocenters. The Hall–Kier alpha value is -2.69. The molecule has 2 aromatic carbocycles. The number of hydrogen-bond donors (Lipinski definition) is 1. The highest BCUT2D eigenvalue weighted by Crippen LogP contribution is 2.27. The molecule has 3 rings (SSSR count). The number of benzene rings is 2. The summed E-state index contributed by atoms with van der Waals surface area (Å²) in [6, 6.07) is 13.6. The summed E-state index contributed by atoms with van der Waals surface area (Å²) in [4.78, 5) is 26.1. The van der Waals surface area contributed by atoms with E-state index in [2.05, 4.69) is 5.32 Å². The number of carbonyl (C=O) groups excluding carboxylic acids is 2. The first-order valence-corrected chi connectivity index (χ1v) is 7.58. The number of rotatable bonds is 3. The largest absolute Gasteiger partial charge is 0.323 e. The number of para-hydroxylation sites is 2. The van der Waals surface area contributed by atoms with E-state index < -0.39 is 11.7 Å². The standard InChI is InChI=1S/C18H17FN2O2/c19-14-8-2-3-9-15(14)20-17(22)12-18(23)21-11-5-7-13-6-1-4-10-16(13)21/h1-4,6,8-10H,5,7,11-12H2,(H,20,22). The number of aryl methyl sites for hydroxylation is 1. The van der Waals surface area contributed by atoms with E-state index in [9.17, 15) is 14.0 Å². The van der Waals surface area contributed by atoms with E-state index in [1.165, 1.54) is 12.1 Å². The van der Waals surface area contributed by atoms with Crippen LogP contribution in [0.25, 0.3) is 0 Å². The second kappa shape index (κ2) is 6.60. The zero-order chi connectivity index (χ0) is 16.2. The van der Waals surface area contributed by atoms with E-state index in [4.69, 9.17) is 0 Å². The molecule has 1 N–H and O–H groups in total. The molecule has 0 fully saturated rings. The second-order valence-electron chi connectivity index (χ2n) is 5.48. The van der Waals surface area contributed by atoms with Crippen molar-refractivity contribution in [3.05, 3.63) is 59.9 Å². The van der Waals surface area contributed by atoms with Crippen LogP contribution < -0.4 is 10.2 Å². The van der Waals surface area contributed by atoms with Crippen LogP contribution >= 0.6 is 0 Å². The minimum absolute atomic E-state index is 0.0874. The molecule has 0 radical (unpaired) electrons. The molecule has 0 aromatic heterocycles. The SMILES string of the molecule is O=C(CC(=O)N1CCCc2ccccc21)Nc1ccccc1F. The minimum atomic E-state index is -0.517. The second-order valence-corrected chi connectivity index (χ2v) is 5.48. The van der Waals surface area contributed by atoms with Crippen LogP contribution in [0.5, 0.6) is 0 Å². The molecule has 23 heavy (non-hydrogen) atoms. The molecular weight excluding hydrogens is 295 g/mol. The third-order valence-electron chi connectivity index (χ3n) is 3.87. The summed E-state index contributed by atoms with van der Waals surface area (Å²) in [5.41, 5.74) is 2.06. The van der Waals surface area contributed by atoms with Gasteiger partial charge >= 0.3 is 0 Å². The van der Waals surface area contributed by atoms with Crippen molar-refractivity contribution >= 4 is 23.2 Å². The Morgan fingerprint density at radius 3 is 2.65 bits per heavy atom. The fourth-order valence-corrected chi connectivity index (χ4v) is 2.78. The highest BCUT2D eigenvalue weighted by Gasteiger charge is 2.24. The predicted molar refractivity (Wildman–Crippen MR) is 86.8 cm³/mol. The first kappa shape index (κ1) is 15.2. The Morgan fingerprint density at radius 2 is 1.83 bits per heavy atom. The zero-order valence-corrected chi connectivity index (χ0v) is 12.6. The molecule has 1 heterocycles. The average molecular weight is 312 g/mol. The molecule has 0 spiro atoms. The monoisotopic (exact) mass is 312 g/mol. The third-order valence-corrected chi connectivity index (χ3v) is 3.87. The molecule has 0 saturated heterocycles. The molecule has 5 heteroatoms. The van der Waals surface area contributed by atoms with Gasteiger partial charge in [0.1, 0.15) is 12.2 Å². The van der Waals surface area contributed by atoms with Crippen molar-refractivity contribution in [2.45, 2.75) is 19.3 Å². The highest BCUT2D eigenvalue weighted by molar-refractivity contribution is 6.09. The Balaban J connectivity index is 1.68. The number of halogens is 1. The van der Waals surface area contributed by atoms with Gasteiger partial charge in [-0.25, -0.2) is 4.39 Å². The number of fused-ring (bicyclic) bond motifs is 1. The van der Waals surface area contributed by atoms with Crippen molar-refractivity contribution in [1.29, 1.82) is 0 Å². The van der Waals surface area contributed by atoms with Crippen LogP contribution in [0.4, 0.5) is 15.8 Å². The Morgan fingerprint density at radius 1 is 1.09 bits per heavy atom. The van der Waals surface area contributed by atoms with Gasteiger partial charge in [-0.1, -0.05) is 30.3 Å². The molecule has 1 aliphatic heterocycles. The fourth-order valence-electron chi connectivity index (χ4n) is 2.78. The fraction of sp³-hybridized carbons (Fsp3) is 0.222. The number of hydrogen-bond acceptors (Lipinski definition) is 2. The number of nitrogens with one attached hydrogen (secondary N) is 1. The Kier molecular flexibility index (Phi) is 4.37. The quantitative estimate of drug-likeness (QED) is 0.885. The summed E-state index contributed by atoms with van der Waals surface area (Å²) in [5, 5.41) is 2.44. The average Bonchev–Trinajstić information content (AvgIpc) is 2.56. The lowest BCUT2D eigenvalue weighted by Gasteiger charge is -2.29. The van der Waals surface area contributed by atoms with Crippen molar-refractivity contribution in [2.24, 2.45) is 0 Å². The van der Waals surface area contributed by atoms with Gasteiger partial charge in [0.2, 0.25) is 11.8 Å². The summed E-state index contributed by atoms with van der Waals surface area (Å²) in [5.74, 6) is -1.30. The number of nitrogens with zero attached hydrogens (tertiary/aromatic N) is 1. The smallest absolute Gasteiger partial charge is 0.236 e. The molecular formula is C18H17FN2O2. The molecule has 1 aliphatic rings. The molecule has 2 aromatic rings. The third kappa shape index (κ3) is 3.39. The first-order valence-electron chi connectivity index (χ1n) is 7.58. The van der Waals surface area contributed by atoms with E-state index in [1.54, 1.807) is 17.0 Å². The van der Waals surface area contributed by atoms with Gasteiger partial charge in [0, 0.05) is 12.2 Å².